The van der Waals surface area contributed by atoms with Crippen molar-refractivity contribution in [3.05, 3.63) is 63.9 Å². The molecule has 20 heavy (non-hydrogen) atoms. The summed E-state index contributed by atoms with van der Waals surface area (Å²) in [7, 11) is 0. The Hall–Kier alpha value is -1.52. The smallest absolute Gasteiger partial charge is 0.167 e. The molecular weight excluding hydrogens is 318 g/mol. The van der Waals surface area contributed by atoms with Crippen LogP contribution in [0.2, 0.25) is 0 Å². The standard InChI is InChI=1S/C16H14BrNO2/c17-13-7-12(9-18-10-13)15(19)8-16-14-4-2-1-3-11(14)5-6-20-16/h1-4,7,9-10,16H,5-6,8H2. The van der Waals surface area contributed by atoms with Gasteiger partial charge in [-0.3, -0.25) is 9.78 Å². The van der Waals surface area contributed by atoms with Crippen LogP contribution in [0.25, 0.3) is 0 Å². The van der Waals surface area contributed by atoms with Gasteiger partial charge in [0.15, 0.2) is 5.78 Å². The van der Waals surface area contributed by atoms with E-state index >= 15 is 0 Å². The minimum atomic E-state index is -0.147. The second-order valence-corrected chi connectivity index (χ2v) is 5.74. The molecule has 0 saturated carbocycles. The van der Waals surface area contributed by atoms with Gasteiger partial charge in [0.05, 0.1) is 12.7 Å². The molecule has 1 unspecified atom stereocenters. The summed E-state index contributed by atoms with van der Waals surface area (Å²) in [5.41, 5.74) is 3.03. The van der Waals surface area contributed by atoms with Crippen LogP contribution >= 0.6 is 15.9 Å². The number of Topliss-reactive ketones (excluding diaryl/α,β-unsaturated/α-hetero) is 1. The molecule has 1 aliphatic heterocycles. The SMILES string of the molecule is O=C(CC1OCCc2ccccc21)c1cncc(Br)c1. The number of ketones is 1. The molecule has 0 fully saturated rings. The van der Waals surface area contributed by atoms with Crippen molar-refractivity contribution in [3.63, 3.8) is 0 Å². The molecule has 0 saturated heterocycles. The zero-order valence-electron chi connectivity index (χ0n) is 10.9. The number of pyridine rings is 1. The first kappa shape index (κ1) is 13.5. The van der Waals surface area contributed by atoms with E-state index < -0.39 is 0 Å². The van der Waals surface area contributed by atoms with Crippen molar-refractivity contribution in [2.45, 2.75) is 18.9 Å². The predicted octanol–water partition coefficient (Wildman–Crippen LogP) is 3.73. The Morgan fingerprint density at radius 2 is 2.20 bits per heavy atom. The summed E-state index contributed by atoms with van der Waals surface area (Å²) >= 11 is 3.34. The lowest BCUT2D eigenvalue weighted by Crippen LogP contribution is -2.19. The Bertz CT molecular complexity index is 642. The van der Waals surface area contributed by atoms with E-state index in [4.69, 9.17) is 4.74 Å². The lowest BCUT2D eigenvalue weighted by atomic mass is 9.93. The van der Waals surface area contributed by atoms with Crippen LogP contribution in [0.1, 0.15) is 34.0 Å². The summed E-state index contributed by atoms with van der Waals surface area (Å²) < 4.78 is 6.59. The fourth-order valence-corrected chi connectivity index (χ4v) is 2.86. The highest BCUT2D eigenvalue weighted by atomic mass is 79.9. The van der Waals surface area contributed by atoms with Gasteiger partial charge in [-0.15, -0.1) is 0 Å². The molecule has 2 aromatic rings. The number of ether oxygens (including phenoxy) is 1. The first-order chi connectivity index (χ1) is 9.74. The lowest BCUT2D eigenvalue weighted by Gasteiger charge is -2.25. The zero-order valence-corrected chi connectivity index (χ0v) is 12.5. The van der Waals surface area contributed by atoms with Crippen molar-refractivity contribution in [2.75, 3.05) is 6.61 Å². The zero-order chi connectivity index (χ0) is 13.9. The molecule has 0 bridgehead atoms. The van der Waals surface area contributed by atoms with E-state index in [2.05, 4.69) is 27.0 Å². The van der Waals surface area contributed by atoms with Gasteiger partial charge in [-0.25, -0.2) is 0 Å². The molecule has 3 rings (SSSR count). The number of fused-ring (bicyclic) bond motifs is 1. The summed E-state index contributed by atoms with van der Waals surface area (Å²) in [4.78, 5) is 16.4. The predicted molar refractivity (Wildman–Crippen MR) is 79.7 cm³/mol. The van der Waals surface area contributed by atoms with Gasteiger partial charge < -0.3 is 4.74 Å². The molecule has 0 spiro atoms. The molecule has 0 aliphatic carbocycles. The molecule has 102 valence electrons. The first-order valence-corrected chi connectivity index (χ1v) is 7.36. The average Bonchev–Trinajstić information content (AvgIpc) is 2.47. The van der Waals surface area contributed by atoms with Crippen molar-refractivity contribution in [3.8, 4) is 0 Å². The Labute approximate surface area is 126 Å². The number of nitrogens with zero attached hydrogens (tertiary/aromatic N) is 1. The van der Waals surface area contributed by atoms with Crippen LogP contribution in [0.15, 0.2) is 47.2 Å². The van der Waals surface area contributed by atoms with Gasteiger partial charge in [0.2, 0.25) is 0 Å². The van der Waals surface area contributed by atoms with Gasteiger partial charge in [0, 0.05) is 28.9 Å². The van der Waals surface area contributed by atoms with Crippen molar-refractivity contribution < 1.29 is 9.53 Å². The number of carbonyl (C=O) groups is 1. The maximum atomic E-state index is 12.3. The third-order valence-electron chi connectivity index (χ3n) is 3.49. The van der Waals surface area contributed by atoms with E-state index in [9.17, 15) is 4.79 Å². The summed E-state index contributed by atoms with van der Waals surface area (Å²) in [5, 5.41) is 0. The van der Waals surface area contributed by atoms with E-state index in [1.54, 1.807) is 18.5 Å². The van der Waals surface area contributed by atoms with Crippen molar-refractivity contribution in [2.24, 2.45) is 0 Å². The second-order valence-electron chi connectivity index (χ2n) is 4.83. The highest BCUT2D eigenvalue weighted by Gasteiger charge is 2.23. The summed E-state index contributed by atoms with van der Waals surface area (Å²) in [6.07, 6.45) is 4.39. The van der Waals surface area contributed by atoms with Gasteiger partial charge in [0.25, 0.3) is 0 Å². The topological polar surface area (TPSA) is 39.2 Å². The summed E-state index contributed by atoms with van der Waals surface area (Å²) in [5.74, 6) is 0.0560. The molecule has 1 aliphatic rings. The minimum Gasteiger partial charge on any atom is -0.373 e. The monoisotopic (exact) mass is 331 g/mol. The van der Waals surface area contributed by atoms with Crippen molar-refractivity contribution >= 4 is 21.7 Å². The summed E-state index contributed by atoms with van der Waals surface area (Å²) in [6.45, 7) is 0.672. The summed E-state index contributed by atoms with van der Waals surface area (Å²) in [6, 6.07) is 9.97. The average molecular weight is 332 g/mol. The van der Waals surface area contributed by atoms with Crippen LogP contribution in [0.4, 0.5) is 0 Å². The molecule has 1 aromatic heterocycles. The third-order valence-corrected chi connectivity index (χ3v) is 3.92. The van der Waals surface area contributed by atoms with Gasteiger partial charge in [-0.1, -0.05) is 24.3 Å². The molecule has 1 atom stereocenters. The van der Waals surface area contributed by atoms with Gasteiger partial charge >= 0.3 is 0 Å². The molecule has 2 heterocycles. The number of hydrogen-bond acceptors (Lipinski definition) is 3. The first-order valence-electron chi connectivity index (χ1n) is 6.57. The quantitative estimate of drug-likeness (QED) is 0.804. The Morgan fingerprint density at radius 1 is 1.35 bits per heavy atom. The number of aromatic nitrogens is 1. The molecule has 0 radical (unpaired) electrons. The molecule has 0 N–H and O–H groups in total. The van der Waals surface area contributed by atoms with Crippen LogP contribution < -0.4 is 0 Å². The van der Waals surface area contributed by atoms with E-state index in [1.807, 2.05) is 18.2 Å². The minimum absolute atomic E-state index is 0.0560. The van der Waals surface area contributed by atoms with Gasteiger partial charge in [0.1, 0.15) is 0 Å². The molecule has 1 aromatic carbocycles. The maximum Gasteiger partial charge on any atom is 0.167 e. The third kappa shape index (κ3) is 2.81. The number of benzene rings is 1. The second kappa shape index (κ2) is 5.85. The van der Waals surface area contributed by atoms with Crippen molar-refractivity contribution in [1.29, 1.82) is 0 Å². The fourth-order valence-electron chi connectivity index (χ4n) is 2.50. The Balaban J connectivity index is 1.81. The Kier molecular flexibility index (Phi) is 3.94. The van der Waals surface area contributed by atoms with E-state index in [0.29, 0.717) is 18.6 Å². The largest absolute Gasteiger partial charge is 0.373 e. The van der Waals surface area contributed by atoms with E-state index in [-0.39, 0.29) is 11.9 Å². The molecule has 0 amide bonds. The Morgan fingerprint density at radius 3 is 3.05 bits per heavy atom. The number of hydrogen-bond donors (Lipinski definition) is 0. The van der Waals surface area contributed by atoms with Crippen LogP contribution in [0.3, 0.4) is 0 Å². The number of rotatable bonds is 3. The van der Waals surface area contributed by atoms with E-state index in [1.165, 1.54) is 5.56 Å². The number of carbonyl (C=O) groups excluding carboxylic acids is 1. The maximum absolute atomic E-state index is 12.3. The molecule has 3 nitrogen and oxygen atoms in total. The molecule has 4 heteroatoms. The highest BCUT2D eigenvalue weighted by Crippen LogP contribution is 2.30. The lowest BCUT2D eigenvalue weighted by molar-refractivity contribution is 0.0352. The van der Waals surface area contributed by atoms with Crippen LogP contribution in [-0.4, -0.2) is 17.4 Å². The highest BCUT2D eigenvalue weighted by molar-refractivity contribution is 9.10. The number of halogens is 1. The molecular formula is C16H14BrNO2. The fraction of sp³-hybridized carbons (Fsp3) is 0.250. The van der Waals surface area contributed by atoms with Crippen LogP contribution in [0, 0.1) is 0 Å². The van der Waals surface area contributed by atoms with Gasteiger partial charge in [-0.05, 0) is 39.5 Å². The van der Waals surface area contributed by atoms with E-state index in [0.717, 1.165) is 16.5 Å². The van der Waals surface area contributed by atoms with Crippen LogP contribution in [-0.2, 0) is 11.2 Å². The van der Waals surface area contributed by atoms with Gasteiger partial charge in [-0.2, -0.15) is 0 Å². The van der Waals surface area contributed by atoms with Crippen LogP contribution in [0.5, 0.6) is 0 Å². The normalized spacial score (nSPS) is 17.6. The van der Waals surface area contributed by atoms with Crippen molar-refractivity contribution in [1.82, 2.24) is 4.98 Å².